The van der Waals surface area contributed by atoms with Crippen molar-refractivity contribution in [3.05, 3.63) is 63.9 Å². The lowest BCUT2D eigenvalue weighted by molar-refractivity contribution is 0.146. The van der Waals surface area contributed by atoms with Gasteiger partial charge in [-0.3, -0.25) is 4.98 Å². The van der Waals surface area contributed by atoms with Gasteiger partial charge in [0.25, 0.3) is 0 Å². The van der Waals surface area contributed by atoms with Crippen molar-refractivity contribution in [3.63, 3.8) is 0 Å². The number of aryl methyl sites for hydroxylation is 1. The number of hydrogen-bond acceptors (Lipinski definition) is 3. The molecule has 1 heterocycles. The van der Waals surface area contributed by atoms with Gasteiger partial charge in [-0.05, 0) is 47.9 Å². The third-order valence-corrected chi connectivity index (χ3v) is 3.81. The van der Waals surface area contributed by atoms with Gasteiger partial charge in [0.15, 0.2) is 0 Å². The Morgan fingerprint density at radius 1 is 1.26 bits per heavy atom. The molecule has 19 heavy (non-hydrogen) atoms. The van der Waals surface area contributed by atoms with Crippen LogP contribution < -0.4 is 5.73 Å². The van der Waals surface area contributed by atoms with Gasteiger partial charge in [-0.2, -0.15) is 0 Å². The number of aromatic nitrogens is 1. The van der Waals surface area contributed by atoms with Gasteiger partial charge in [0.2, 0.25) is 0 Å². The lowest BCUT2D eigenvalue weighted by atomic mass is 9.88. The van der Waals surface area contributed by atoms with Gasteiger partial charge in [0.05, 0.1) is 6.10 Å². The summed E-state index contributed by atoms with van der Waals surface area (Å²) >= 11 is 3.43. The first-order valence-corrected chi connectivity index (χ1v) is 6.97. The number of hydrogen-bond donors (Lipinski definition) is 2. The Hall–Kier alpha value is -1.23. The Labute approximate surface area is 121 Å². The number of benzene rings is 1. The van der Waals surface area contributed by atoms with Crippen LogP contribution in [0.4, 0.5) is 0 Å². The van der Waals surface area contributed by atoms with E-state index in [2.05, 4.69) is 20.9 Å². The molecule has 3 N–H and O–H groups in total. The smallest absolute Gasteiger partial charge is 0.0873 e. The number of nitrogens with two attached hydrogens (primary N) is 1. The van der Waals surface area contributed by atoms with Crippen LogP contribution in [0, 0.1) is 6.92 Å². The second-order valence-corrected chi connectivity index (χ2v) is 5.48. The predicted molar refractivity (Wildman–Crippen MR) is 79.9 cm³/mol. The highest BCUT2D eigenvalue weighted by Crippen LogP contribution is 2.32. The first-order valence-electron chi connectivity index (χ1n) is 6.17. The van der Waals surface area contributed by atoms with Crippen LogP contribution in [0.3, 0.4) is 0 Å². The number of rotatable bonds is 4. The van der Waals surface area contributed by atoms with Gasteiger partial charge < -0.3 is 10.8 Å². The summed E-state index contributed by atoms with van der Waals surface area (Å²) in [6.45, 7) is 2.38. The number of halogens is 1. The molecule has 3 nitrogen and oxygen atoms in total. The van der Waals surface area contributed by atoms with E-state index in [1.54, 1.807) is 12.4 Å². The first kappa shape index (κ1) is 14.2. The first-order chi connectivity index (χ1) is 9.13. The fraction of sp³-hybridized carbons (Fsp3) is 0.267. The Balaban J connectivity index is 2.33. The fourth-order valence-electron chi connectivity index (χ4n) is 2.25. The number of pyridine rings is 1. The molecule has 0 bridgehead atoms. The zero-order chi connectivity index (χ0) is 13.8. The monoisotopic (exact) mass is 320 g/mol. The molecule has 2 aromatic rings. The van der Waals surface area contributed by atoms with Crippen molar-refractivity contribution in [1.82, 2.24) is 4.98 Å². The quantitative estimate of drug-likeness (QED) is 0.910. The van der Waals surface area contributed by atoms with Crippen LogP contribution in [0.2, 0.25) is 0 Å². The largest absolute Gasteiger partial charge is 0.388 e. The zero-order valence-electron chi connectivity index (χ0n) is 10.8. The minimum Gasteiger partial charge on any atom is -0.388 e. The van der Waals surface area contributed by atoms with Crippen molar-refractivity contribution in [2.75, 3.05) is 6.54 Å². The van der Waals surface area contributed by atoms with E-state index >= 15 is 0 Å². The summed E-state index contributed by atoms with van der Waals surface area (Å²) in [5, 5.41) is 10.6. The molecule has 100 valence electrons. The molecule has 0 saturated carbocycles. The zero-order valence-corrected chi connectivity index (χ0v) is 12.3. The van der Waals surface area contributed by atoms with E-state index in [1.165, 1.54) is 0 Å². The van der Waals surface area contributed by atoms with E-state index in [9.17, 15) is 5.11 Å². The van der Waals surface area contributed by atoms with Crippen LogP contribution in [0.25, 0.3) is 0 Å². The van der Waals surface area contributed by atoms with Gasteiger partial charge in [0.1, 0.15) is 0 Å². The summed E-state index contributed by atoms with van der Waals surface area (Å²) in [5.74, 6) is -0.122. The summed E-state index contributed by atoms with van der Waals surface area (Å²) < 4.78 is 1.01. The lowest BCUT2D eigenvalue weighted by Gasteiger charge is -2.23. The molecule has 1 aromatic heterocycles. The van der Waals surface area contributed by atoms with E-state index in [4.69, 9.17) is 5.73 Å². The van der Waals surface area contributed by atoms with E-state index in [0.717, 1.165) is 21.2 Å². The van der Waals surface area contributed by atoms with Crippen molar-refractivity contribution < 1.29 is 5.11 Å². The maximum absolute atomic E-state index is 10.6. The minimum atomic E-state index is -0.611. The van der Waals surface area contributed by atoms with E-state index < -0.39 is 6.10 Å². The van der Waals surface area contributed by atoms with Crippen molar-refractivity contribution in [2.24, 2.45) is 5.73 Å². The molecular formula is C15H17BrN2O. The Morgan fingerprint density at radius 2 is 1.95 bits per heavy atom. The van der Waals surface area contributed by atoms with Crippen LogP contribution in [0.15, 0.2) is 47.2 Å². The Kier molecular flexibility index (Phi) is 4.69. The van der Waals surface area contributed by atoms with Gasteiger partial charge in [-0.15, -0.1) is 0 Å². The van der Waals surface area contributed by atoms with Crippen molar-refractivity contribution >= 4 is 15.9 Å². The summed E-state index contributed by atoms with van der Waals surface area (Å²) in [6, 6.07) is 9.67. The van der Waals surface area contributed by atoms with E-state index in [-0.39, 0.29) is 5.92 Å². The van der Waals surface area contributed by atoms with Gasteiger partial charge in [0, 0.05) is 29.3 Å². The Bertz CT molecular complexity index is 545. The van der Waals surface area contributed by atoms with Crippen molar-refractivity contribution in [1.29, 1.82) is 0 Å². The highest BCUT2D eigenvalue weighted by Gasteiger charge is 2.22. The summed E-state index contributed by atoms with van der Waals surface area (Å²) in [6.07, 6.45) is 2.83. The standard InChI is InChI=1S/C15H17BrN2O/c1-10-8-12(16)2-3-13(10)15(19)14(9-17)11-4-6-18-7-5-11/h2-8,14-15,19H,9,17H2,1H3. The number of aliphatic hydroxyl groups is 1. The van der Waals surface area contributed by atoms with E-state index in [1.807, 2.05) is 37.3 Å². The molecule has 0 radical (unpaired) electrons. The molecule has 0 aliphatic rings. The maximum Gasteiger partial charge on any atom is 0.0873 e. The average molecular weight is 321 g/mol. The molecule has 0 fully saturated rings. The molecule has 0 saturated heterocycles. The highest BCUT2D eigenvalue weighted by atomic mass is 79.9. The van der Waals surface area contributed by atoms with Gasteiger partial charge >= 0.3 is 0 Å². The fourth-order valence-corrected chi connectivity index (χ4v) is 2.72. The second kappa shape index (κ2) is 6.28. The third-order valence-electron chi connectivity index (χ3n) is 3.32. The number of nitrogens with zero attached hydrogens (tertiary/aromatic N) is 1. The lowest BCUT2D eigenvalue weighted by Crippen LogP contribution is -2.20. The topological polar surface area (TPSA) is 59.1 Å². The normalized spacial score (nSPS) is 14.1. The number of aliphatic hydroxyl groups excluding tert-OH is 1. The SMILES string of the molecule is Cc1cc(Br)ccc1C(O)C(CN)c1ccncc1. The van der Waals surface area contributed by atoms with Gasteiger partial charge in [-0.25, -0.2) is 0 Å². The third kappa shape index (κ3) is 3.21. The summed E-state index contributed by atoms with van der Waals surface area (Å²) in [7, 11) is 0. The molecule has 2 rings (SSSR count). The van der Waals surface area contributed by atoms with E-state index in [0.29, 0.717) is 6.54 Å². The Morgan fingerprint density at radius 3 is 2.53 bits per heavy atom. The van der Waals surface area contributed by atoms with Crippen LogP contribution >= 0.6 is 15.9 Å². The molecule has 0 aliphatic heterocycles. The molecule has 1 aromatic carbocycles. The molecule has 0 aliphatic carbocycles. The maximum atomic E-state index is 10.6. The predicted octanol–water partition coefficient (Wildman–Crippen LogP) is 2.93. The molecule has 0 spiro atoms. The highest BCUT2D eigenvalue weighted by molar-refractivity contribution is 9.10. The average Bonchev–Trinajstić information content (AvgIpc) is 2.40. The van der Waals surface area contributed by atoms with Crippen LogP contribution in [-0.4, -0.2) is 16.6 Å². The minimum absolute atomic E-state index is 0.122. The molecule has 2 unspecified atom stereocenters. The van der Waals surface area contributed by atoms with Crippen molar-refractivity contribution in [2.45, 2.75) is 18.9 Å². The van der Waals surface area contributed by atoms with Crippen LogP contribution in [-0.2, 0) is 0 Å². The molecular weight excluding hydrogens is 304 g/mol. The molecule has 4 heteroatoms. The second-order valence-electron chi connectivity index (χ2n) is 4.57. The van der Waals surface area contributed by atoms with Crippen LogP contribution in [0.1, 0.15) is 28.7 Å². The summed E-state index contributed by atoms with van der Waals surface area (Å²) in [5.41, 5.74) is 8.80. The molecule has 2 atom stereocenters. The van der Waals surface area contributed by atoms with Crippen molar-refractivity contribution in [3.8, 4) is 0 Å². The van der Waals surface area contributed by atoms with Gasteiger partial charge in [-0.1, -0.05) is 22.0 Å². The summed E-state index contributed by atoms with van der Waals surface area (Å²) in [4.78, 5) is 3.99. The van der Waals surface area contributed by atoms with Crippen LogP contribution in [0.5, 0.6) is 0 Å². The molecule has 0 amide bonds.